The number of alkyl halides is 6. The van der Waals surface area contributed by atoms with Gasteiger partial charge in [-0.3, -0.25) is 0 Å². The highest BCUT2D eigenvalue weighted by Crippen LogP contribution is 2.32. The van der Waals surface area contributed by atoms with E-state index in [1.54, 1.807) is 38.1 Å². The van der Waals surface area contributed by atoms with E-state index >= 15 is 0 Å². The van der Waals surface area contributed by atoms with Crippen molar-refractivity contribution in [2.45, 2.75) is 36.0 Å². The summed E-state index contributed by atoms with van der Waals surface area (Å²) in [6.07, 6.45) is -9.28. The zero-order chi connectivity index (χ0) is 31.9. The lowest BCUT2D eigenvalue weighted by Gasteiger charge is -2.16. The zero-order valence-corrected chi connectivity index (χ0v) is 24.6. The van der Waals surface area contributed by atoms with Crippen LogP contribution < -0.4 is 0 Å². The van der Waals surface area contributed by atoms with Gasteiger partial charge in [0.1, 0.15) is 0 Å². The average molecular weight is 649 g/mol. The Kier molecular flexibility index (Phi) is 8.01. The number of aryl methyl sites for hydroxylation is 2. The largest absolute Gasteiger partial charge is 0.416 e. The van der Waals surface area contributed by atoms with Crippen molar-refractivity contribution in [3.05, 3.63) is 130 Å². The second-order valence-corrected chi connectivity index (χ2v) is 13.4. The highest BCUT2D eigenvalue weighted by Gasteiger charge is 2.32. The molecule has 0 fully saturated rings. The van der Waals surface area contributed by atoms with Crippen LogP contribution in [0, 0.1) is 13.8 Å². The Morgan fingerprint density at radius 3 is 1.05 bits per heavy atom. The third-order valence-electron chi connectivity index (χ3n) is 6.44. The van der Waals surface area contributed by atoms with Crippen LogP contribution in [0.2, 0.25) is 0 Å². The van der Waals surface area contributed by atoms with Crippen LogP contribution in [0.1, 0.15) is 33.4 Å². The van der Waals surface area contributed by atoms with Crippen LogP contribution in [0.5, 0.6) is 0 Å². The Balaban J connectivity index is 1.83. The number of hydrogen-bond acceptors (Lipinski definition) is 4. The third-order valence-corrected chi connectivity index (χ3v) is 9.89. The van der Waals surface area contributed by atoms with Crippen LogP contribution in [0.4, 0.5) is 26.3 Å². The monoisotopic (exact) mass is 648 g/mol. The van der Waals surface area contributed by atoms with Crippen LogP contribution in [0.25, 0.3) is 0 Å². The maximum absolute atomic E-state index is 14.6. The molecule has 0 aromatic heterocycles. The van der Waals surface area contributed by atoms with Crippen LogP contribution in [0.15, 0.2) is 124 Å². The normalized spacial score (nSPS) is 23.2. The minimum atomic E-state index is -4.64. The number of nitrogens with zero attached hydrogens (tertiary/aromatic N) is 4. The molecule has 0 radical (unpaired) electrons. The van der Waals surface area contributed by atoms with Gasteiger partial charge in [0.2, 0.25) is 0 Å². The molecule has 0 amide bonds. The second kappa shape index (κ2) is 11.3. The molecule has 0 spiro atoms. The van der Waals surface area contributed by atoms with Gasteiger partial charge in [0.15, 0.2) is 31.5 Å². The molecule has 14 heteroatoms. The Morgan fingerprint density at radius 2 is 0.773 bits per heavy atom. The van der Waals surface area contributed by atoms with E-state index in [4.69, 9.17) is 0 Å². The molecule has 1 aliphatic heterocycles. The van der Waals surface area contributed by atoms with Gasteiger partial charge in [-0.15, -0.1) is 0 Å². The summed E-state index contributed by atoms with van der Waals surface area (Å²) in [4.78, 5) is 0.122. The minimum absolute atomic E-state index is 0.0407. The molecule has 5 rings (SSSR count). The maximum Gasteiger partial charge on any atom is 0.416 e. The van der Waals surface area contributed by atoms with Gasteiger partial charge in [-0.2, -0.15) is 43.9 Å². The quantitative estimate of drug-likeness (QED) is 0.208. The molecule has 4 aromatic carbocycles. The van der Waals surface area contributed by atoms with E-state index in [-0.39, 0.29) is 20.9 Å². The van der Waals surface area contributed by atoms with Gasteiger partial charge in [-0.1, -0.05) is 59.7 Å². The van der Waals surface area contributed by atoms with Gasteiger partial charge < -0.3 is 0 Å². The second-order valence-electron chi connectivity index (χ2n) is 9.78. The number of amidine groups is 2. The number of benzene rings is 4. The third kappa shape index (κ3) is 6.60. The molecule has 2 atom stereocenters. The molecule has 0 bridgehead atoms. The highest BCUT2D eigenvalue weighted by atomic mass is 32.2. The summed E-state index contributed by atoms with van der Waals surface area (Å²) in [6.45, 7) is 3.56. The fourth-order valence-corrected chi connectivity index (χ4v) is 7.12. The standard InChI is InChI=1S/C30H22F6N4O2S2/c1-19-3-15-25(16-4-19)43(41)37-27(21-7-11-23(12-8-21)29(31,32)33)39-44(42,26-17-5-20(2)6-18-26)40-28(38-43)22-9-13-24(14-10-22)30(34,35)36/h3-18H,1-2H3/b37-27-,38-28?,39-27?,40-28-. The van der Waals surface area contributed by atoms with Crippen LogP contribution in [-0.4, -0.2) is 20.1 Å². The fraction of sp³-hybridized carbons (Fsp3) is 0.133. The van der Waals surface area contributed by atoms with Gasteiger partial charge in [0, 0.05) is 11.1 Å². The van der Waals surface area contributed by atoms with E-state index in [2.05, 4.69) is 17.5 Å². The van der Waals surface area contributed by atoms with Crippen LogP contribution >= 0.6 is 0 Å². The summed E-state index contributed by atoms with van der Waals surface area (Å²) >= 11 is 0. The van der Waals surface area contributed by atoms with Crippen molar-refractivity contribution in [1.82, 2.24) is 0 Å². The summed E-state index contributed by atoms with van der Waals surface area (Å²) in [7, 11) is -7.88. The summed E-state index contributed by atoms with van der Waals surface area (Å²) < 4.78 is 126. The first-order valence-corrected chi connectivity index (χ1v) is 15.7. The van der Waals surface area contributed by atoms with E-state index in [1.807, 2.05) is 0 Å². The number of halogens is 6. The predicted molar refractivity (Wildman–Crippen MR) is 156 cm³/mol. The van der Waals surface area contributed by atoms with Gasteiger partial charge in [-0.25, -0.2) is 8.42 Å². The lowest BCUT2D eigenvalue weighted by atomic mass is 10.1. The molecule has 1 heterocycles. The molecule has 0 saturated carbocycles. The van der Waals surface area contributed by atoms with Gasteiger partial charge in [-0.05, 0) is 62.4 Å². The van der Waals surface area contributed by atoms with E-state index in [0.29, 0.717) is 0 Å². The number of hydrogen-bond donors (Lipinski definition) is 0. The van der Waals surface area contributed by atoms with Crippen LogP contribution in [-0.2, 0) is 32.2 Å². The first-order chi connectivity index (χ1) is 20.6. The molecular formula is C30H22F6N4O2S2. The van der Waals surface area contributed by atoms with Gasteiger partial charge >= 0.3 is 12.4 Å². The molecule has 2 unspecified atom stereocenters. The van der Waals surface area contributed by atoms with Crippen molar-refractivity contribution in [3.63, 3.8) is 0 Å². The van der Waals surface area contributed by atoms with Crippen molar-refractivity contribution >= 4 is 31.5 Å². The Hall–Kier alpha value is -4.30. The van der Waals surface area contributed by atoms with Crippen LogP contribution in [0.3, 0.4) is 0 Å². The van der Waals surface area contributed by atoms with E-state index in [0.717, 1.165) is 59.7 Å². The Labute approximate surface area is 249 Å². The first-order valence-electron chi connectivity index (χ1n) is 12.8. The van der Waals surface area contributed by atoms with Crippen molar-refractivity contribution in [1.29, 1.82) is 0 Å². The lowest BCUT2D eigenvalue weighted by molar-refractivity contribution is -0.138. The first kappa shape index (κ1) is 31.1. The topological polar surface area (TPSA) is 83.6 Å². The van der Waals surface area contributed by atoms with Gasteiger partial charge in [0.05, 0.1) is 20.9 Å². The van der Waals surface area contributed by atoms with Crippen molar-refractivity contribution < 1.29 is 34.8 Å². The van der Waals surface area contributed by atoms with E-state index in [1.165, 1.54) is 24.3 Å². The molecule has 44 heavy (non-hydrogen) atoms. The Bertz CT molecular complexity index is 1870. The summed E-state index contributed by atoms with van der Waals surface area (Å²) in [6, 6.07) is 19.7. The SMILES string of the molecule is Cc1ccc(S2(=O)=NC(/c3ccc(C(F)(F)F)cc3)=N\S(=O)(c3ccc(C)cc3)=NC(/c3ccc(C(F)(F)F)cc3)=N\2)cc1. The number of rotatable bonds is 4. The van der Waals surface area contributed by atoms with Gasteiger partial charge in [0.25, 0.3) is 0 Å². The van der Waals surface area contributed by atoms with E-state index < -0.39 is 55.0 Å². The van der Waals surface area contributed by atoms with E-state index in [9.17, 15) is 34.8 Å². The minimum Gasteiger partial charge on any atom is -0.220 e. The summed E-state index contributed by atoms with van der Waals surface area (Å²) in [5.74, 6) is -0.873. The molecular weight excluding hydrogens is 626 g/mol. The molecule has 6 nitrogen and oxygen atoms in total. The average Bonchev–Trinajstić information content (AvgIpc) is 2.95. The molecule has 1 aliphatic rings. The maximum atomic E-state index is 14.6. The smallest absolute Gasteiger partial charge is 0.220 e. The molecule has 4 aromatic rings. The molecule has 228 valence electrons. The van der Waals surface area contributed by atoms with Crippen molar-refractivity contribution in [2.75, 3.05) is 0 Å². The predicted octanol–water partition coefficient (Wildman–Crippen LogP) is 8.43. The highest BCUT2D eigenvalue weighted by molar-refractivity contribution is 7.94. The Morgan fingerprint density at radius 1 is 0.477 bits per heavy atom. The van der Waals surface area contributed by atoms with Crippen molar-refractivity contribution in [3.8, 4) is 0 Å². The molecule has 0 N–H and O–H groups in total. The summed E-state index contributed by atoms with van der Waals surface area (Å²) in [5.41, 5.74) is -0.393. The zero-order valence-electron chi connectivity index (χ0n) is 22.9. The molecule has 0 saturated heterocycles. The van der Waals surface area contributed by atoms with Crippen molar-refractivity contribution in [2.24, 2.45) is 17.5 Å². The fourth-order valence-electron chi connectivity index (χ4n) is 4.01. The summed E-state index contributed by atoms with van der Waals surface area (Å²) in [5, 5.41) is 0. The molecule has 0 aliphatic carbocycles. The lowest BCUT2D eigenvalue weighted by Crippen LogP contribution is -2.15.